The molecule has 7 nitrogen and oxygen atoms in total. The molecule has 142 valence electrons. The highest BCUT2D eigenvalue weighted by molar-refractivity contribution is 7.20. The number of aryl methyl sites for hydroxylation is 1. The maximum Gasteiger partial charge on any atom is 0.348 e. The molecular formula is C19H20N2O5S. The Morgan fingerprint density at radius 3 is 2.63 bits per heavy atom. The van der Waals surface area contributed by atoms with Crippen molar-refractivity contribution >= 4 is 27.5 Å². The first-order valence-electron chi connectivity index (χ1n) is 8.58. The highest BCUT2D eigenvalue weighted by atomic mass is 32.1. The molecule has 1 aromatic carbocycles. The summed E-state index contributed by atoms with van der Waals surface area (Å²) in [6, 6.07) is 10.8. The Morgan fingerprint density at radius 2 is 1.93 bits per heavy atom. The van der Waals surface area contributed by atoms with Gasteiger partial charge in [-0.05, 0) is 24.5 Å². The van der Waals surface area contributed by atoms with E-state index in [1.807, 2.05) is 30.3 Å². The Balaban J connectivity index is 1.89. The average molecular weight is 388 g/mol. The predicted molar refractivity (Wildman–Crippen MR) is 103 cm³/mol. The zero-order valence-electron chi connectivity index (χ0n) is 14.9. The van der Waals surface area contributed by atoms with Crippen LogP contribution >= 0.6 is 11.3 Å². The molecule has 0 radical (unpaired) electrons. The number of esters is 1. The highest BCUT2D eigenvalue weighted by Crippen LogP contribution is 2.23. The number of rotatable bonds is 7. The molecule has 27 heavy (non-hydrogen) atoms. The van der Waals surface area contributed by atoms with Crippen LogP contribution in [0.2, 0.25) is 0 Å². The summed E-state index contributed by atoms with van der Waals surface area (Å²) < 4.78 is 7.82. The van der Waals surface area contributed by atoms with E-state index in [2.05, 4.69) is 0 Å². The molecule has 3 rings (SSSR count). The van der Waals surface area contributed by atoms with E-state index < -0.39 is 17.2 Å². The Kier molecular flexibility index (Phi) is 5.88. The van der Waals surface area contributed by atoms with Gasteiger partial charge in [-0.3, -0.25) is 13.9 Å². The Labute approximate surface area is 159 Å². The summed E-state index contributed by atoms with van der Waals surface area (Å²) in [6.07, 6.45) is 1.03. The largest absolute Gasteiger partial charge is 0.457 e. The number of carbonyl (C=O) groups is 1. The molecule has 2 aromatic heterocycles. The van der Waals surface area contributed by atoms with Gasteiger partial charge in [0.1, 0.15) is 16.3 Å². The van der Waals surface area contributed by atoms with Crippen LogP contribution in [0.5, 0.6) is 0 Å². The fraction of sp³-hybridized carbons (Fsp3) is 0.316. The fourth-order valence-electron chi connectivity index (χ4n) is 2.76. The molecule has 8 heteroatoms. The second kappa shape index (κ2) is 8.32. The number of thiophene rings is 1. The number of fused-ring (bicyclic) bond motifs is 1. The lowest BCUT2D eigenvalue weighted by Crippen LogP contribution is -2.38. The van der Waals surface area contributed by atoms with Crippen molar-refractivity contribution in [2.75, 3.05) is 6.61 Å². The molecule has 0 aliphatic rings. The molecule has 0 fully saturated rings. The molecule has 0 bridgehead atoms. The van der Waals surface area contributed by atoms with Crippen molar-refractivity contribution in [1.29, 1.82) is 0 Å². The number of ether oxygens (including phenoxy) is 1. The van der Waals surface area contributed by atoms with Gasteiger partial charge in [-0.25, -0.2) is 9.59 Å². The lowest BCUT2D eigenvalue weighted by atomic mass is 10.2. The summed E-state index contributed by atoms with van der Waals surface area (Å²) in [5, 5.41) is 9.20. The third kappa shape index (κ3) is 4.01. The van der Waals surface area contributed by atoms with Crippen molar-refractivity contribution in [3.63, 3.8) is 0 Å². The SMILES string of the molecule is Cn1c(=O)n(CCCCO)c(=O)c2cc(C(=O)OCc3ccccc3)sc21. The summed E-state index contributed by atoms with van der Waals surface area (Å²) in [5.41, 5.74) is 0.00601. The van der Waals surface area contributed by atoms with Gasteiger partial charge < -0.3 is 9.84 Å². The molecule has 0 saturated carbocycles. The van der Waals surface area contributed by atoms with Gasteiger partial charge in [0, 0.05) is 20.2 Å². The van der Waals surface area contributed by atoms with Crippen LogP contribution in [-0.4, -0.2) is 26.8 Å². The number of aliphatic hydroxyl groups excluding tert-OH is 1. The molecule has 1 N–H and O–H groups in total. The lowest BCUT2D eigenvalue weighted by Gasteiger charge is -2.07. The number of aliphatic hydroxyl groups is 1. The fourth-order valence-corrected chi connectivity index (χ4v) is 3.76. The first kappa shape index (κ1) is 19.1. The molecule has 0 spiro atoms. The molecule has 3 aromatic rings. The third-order valence-electron chi connectivity index (χ3n) is 4.21. The van der Waals surface area contributed by atoms with Crippen LogP contribution in [0.25, 0.3) is 10.2 Å². The Bertz CT molecular complexity index is 1070. The number of unbranched alkanes of at least 4 members (excludes halogenated alkanes) is 1. The van der Waals surface area contributed by atoms with Crippen LogP contribution < -0.4 is 11.2 Å². The van der Waals surface area contributed by atoms with Crippen LogP contribution in [0.1, 0.15) is 28.1 Å². The monoisotopic (exact) mass is 388 g/mol. The van der Waals surface area contributed by atoms with Crippen molar-refractivity contribution in [3.8, 4) is 0 Å². The minimum absolute atomic E-state index is 0.00711. The van der Waals surface area contributed by atoms with E-state index in [1.54, 1.807) is 7.05 Å². The van der Waals surface area contributed by atoms with Gasteiger partial charge in [0.2, 0.25) is 0 Å². The summed E-state index contributed by atoms with van der Waals surface area (Å²) in [5.74, 6) is -0.529. The minimum Gasteiger partial charge on any atom is -0.457 e. The Morgan fingerprint density at radius 1 is 1.19 bits per heavy atom. The smallest absolute Gasteiger partial charge is 0.348 e. The van der Waals surface area contributed by atoms with Crippen LogP contribution in [0.15, 0.2) is 46.0 Å². The van der Waals surface area contributed by atoms with E-state index in [9.17, 15) is 14.4 Å². The first-order valence-corrected chi connectivity index (χ1v) is 9.40. The molecule has 0 unspecified atom stereocenters. The summed E-state index contributed by atoms with van der Waals surface area (Å²) >= 11 is 1.07. The van der Waals surface area contributed by atoms with E-state index in [1.165, 1.54) is 10.6 Å². The van der Waals surface area contributed by atoms with Crippen LogP contribution in [0.3, 0.4) is 0 Å². The van der Waals surface area contributed by atoms with Gasteiger partial charge in [-0.1, -0.05) is 30.3 Å². The molecular weight excluding hydrogens is 368 g/mol. The van der Waals surface area contributed by atoms with Crippen molar-refractivity contribution < 1.29 is 14.6 Å². The highest BCUT2D eigenvalue weighted by Gasteiger charge is 2.18. The van der Waals surface area contributed by atoms with Crippen molar-refractivity contribution in [2.24, 2.45) is 7.05 Å². The standard InChI is InChI=1S/C19H20N2O5S/c1-20-17-14(16(23)21(19(20)25)9-5-6-10-22)11-15(27-17)18(24)26-12-13-7-3-2-4-8-13/h2-4,7-8,11,22H,5-6,9-10,12H2,1H3. The van der Waals surface area contributed by atoms with E-state index >= 15 is 0 Å². The lowest BCUT2D eigenvalue weighted by molar-refractivity contribution is 0.0478. The zero-order chi connectivity index (χ0) is 19.4. The quantitative estimate of drug-likeness (QED) is 0.493. The second-order valence-electron chi connectivity index (χ2n) is 6.12. The number of hydrogen-bond acceptors (Lipinski definition) is 6. The second-order valence-corrected chi connectivity index (χ2v) is 7.15. The van der Waals surface area contributed by atoms with Crippen LogP contribution in [0.4, 0.5) is 0 Å². The normalized spacial score (nSPS) is 11.0. The zero-order valence-corrected chi connectivity index (χ0v) is 15.7. The molecule has 2 heterocycles. The van der Waals surface area contributed by atoms with E-state index in [4.69, 9.17) is 9.84 Å². The van der Waals surface area contributed by atoms with E-state index in [-0.39, 0.29) is 24.6 Å². The molecule has 0 amide bonds. The van der Waals surface area contributed by atoms with Gasteiger partial charge in [0.05, 0.1) is 5.39 Å². The van der Waals surface area contributed by atoms with Gasteiger partial charge in [0.25, 0.3) is 5.56 Å². The van der Waals surface area contributed by atoms with Gasteiger partial charge >= 0.3 is 11.7 Å². The number of aromatic nitrogens is 2. The summed E-state index contributed by atoms with van der Waals surface area (Å²) in [7, 11) is 1.57. The first-order chi connectivity index (χ1) is 13.0. The average Bonchev–Trinajstić information content (AvgIpc) is 3.14. The third-order valence-corrected chi connectivity index (χ3v) is 5.41. The van der Waals surface area contributed by atoms with E-state index in [0.29, 0.717) is 23.1 Å². The van der Waals surface area contributed by atoms with E-state index in [0.717, 1.165) is 21.5 Å². The van der Waals surface area contributed by atoms with Crippen molar-refractivity contribution in [3.05, 3.63) is 67.7 Å². The van der Waals surface area contributed by atoms with Gasteiger partial charge in [-0.15, -0.1) is 11.3 Å². The maximum atomic E-state index is 12.7. The predicted octanol–water partition coefficient (Wildman–Crippen LogP) is 1.89. The van der Waals surface area contributed by atoms with Crippen LogP contribution in [-0.2, 0) is 24.9 Å². The van der Waals surface area contributed by atoms with Crippen molar-refractivity contribution in [2.45, 2.75) is 26.0 Å². The summed E-state index contributed by atoms with van der Waals surface area (Å²) in [4.78, 5) is 38.2. The van der Waals surface area contributed by atoms with Crippen LogP contribution in [0, 0.1) is 0 Å². The minimum atomic E-state index is -0.529. The number of benzene rings is 1. The number of hydrogen-bond donors (Lipinski definition) is 1. The van der Waals surface area contributed by atoms with Crippen molar-refractivity contribution in [1.82, 2.24) is 9.13 Å². The maximum absolute atomic E-state index is 12.7. The van der Waals surface area contributed by atoms with Gasteiger partial charge in [0.15, 0.2) is 0 Å². The summed E-state index contributed by atoms with van der Waals surface area (Å²) in [6.45, 7) is 0.372. The molecule has 0 atom stereocenters. The van der Waals surface area contributed by atoms with Gasteiger partial charge in [-0.2, -0.15) is 0 Å². The molecule has 0 saturated heterocycles. The Hall–Kier alpha value is -2.71. The molecule has 0 aliphatic carbocycles. The number of carbonyl (C=O) groups excluding carboxylic acids is 1. The number of nitrogens with zero attached hydrogens (tertiary/aromatic N) is 2. The topological polar surface area (TPSA) is 90.5 Å². The molecule has 0 aliphatic heterocycles.